The summed E-state index contributed by atoms with van der Waals surface area (Å²) >= 11 is 0. The van der Waals surface area contributed by atoms with Gasteiger partial charge in [-0.3, -0.25) is 14.6 Å². The van der Waals surface area contributed by atoms with Crippen molar-refractivity contribution in [1.82, 2.24) is 14.9 Å². The van der Waals surface area contributed by atoms with Gasteiger partial charge in [-0.25, -0.2) is 0 Å². The zero-order chi connectivity index (χ0) is 24.1. The summed E-state index contributed by atoms with van der Waals surface area (Å²) in [6.45, 7) is 0.404. The standard InChI is InChI=1S/C26H25N3O5/c1-32-21-8-6-18(7-9-21)26(31)29(15-17-5-4-10-27-14-17)16-20-11-19-12-23(33-2)24(34-3)13-22(19)28-25(20)30/h4-14H,15-16H2,1-3H3,(H,28,30). The van der Waals surface area contributed by atoms with Crippen LogP contribution in [0, 0.1) is 0 Å². The molecule has 1 N–H and O–H groups in total. The quantitative estimate of drug-likeness (QED) is 0.431. The second-order valence-corrected chi connectivity index (χ2v) is 7.67. The maximum absolute atomic E-state index is 13.4. The molecule has 8 heteroatoms. The zero-order valence-electron chi connectivity index (χ0n) is 19.2. The number of hydrogen-bond donors (Lipinski definition) is 1. The molecule has 1 amide bonds. The number of methoxy groups -OCH3 is 3. The molecule has 8 nitrogen and oxygen atoms in total. The number of pyridine rings is 2. The largest absolute Gasteiger partial charge is 0.497 e. The average molecular weight is 460 g/mol. The number of H-pyrrole nitrogens is 1. The summed E-state index contributed by atoms with van der Waals surface area (Å²) < 4.78 is 15.9. The zero-order valence-corrected chi connectivity index (χ0v) is 19.2. The van der Waals surface area contributed by atoms with Gasteiger partial charge in [0, 0.05) is 41.5 Å². The van der Waals surface area contributed by atoms with E-state index in [1.807, 2.05) is 12.1 Å². The van der Waals surface area contributed by atoms with Crippen LogP contribution in [0.1, 0.15) is 21.5 Å². The molecule has 0 aliphatic rings. The Morgan fingerprint density at radius 1 is 0.941 bits per heavy atom. The Kier molecular flexibility index (Phi) is 6.77. The van der Waals surface area contributed by atoms with E-state index in [4.69, 9.17) is 14.2 Å². The Balaban J connectivity index is 1.71. The number of aromatic nitrogens is 2. The Labute approximate surface area is 196 Å². The number of benzene rings is 2. The highest BCUT2D eigenvalue weighted by molar-refractivity contribution is 5.94. The van der Waals surface area contributed by atoms with E-state index in [9.17, 15) is 9.59 Å². The first-order valence-electron chi connectivity index (χ1n) is 10.6. The number of carbonyl (C=O) groups is 1. The monoisotopic (exact) mass is 459 g/mol. The molecule has 2 aromatic carbocycles. The van der Waals surface area contributed by atoms with Crippen molar-refractivity contribution in [3.63, 3.8) is 0 Å². The van der Waals surface area contributed by atoms with Crippen LogP contribution in [0.2, 0.25) is 0 Å². The molecule has 4 rings (SSSR count). The Hall–Kier alpha value is -4.33. The third kappa shape index (κ3) is 4.85. The molecule has 0 unspecified atom stereocenters. The van der Waals surface area contributed by atoms with E-state index >= 15 is 0 Å². The maximum atomic E-state index is 13.4. The minimum absolute atomic E-state index is 0.110. The van der Waals surface area contributed by atoms with E-state index in [1.54, 1.807) is 74.0 Å². The Morgan fingerprint density at radius 2 is 1.68 bits per heavy atom. The molecule has 34 heavy (non-hydrogen) atoms. The van der Waals surface area contributed by atoms with Crippen molar-refractivity contribution >= 4 is 16.8 Å². The minimum Gasteiger partial charge on any atom is -0.497 e. The molecule has 0 bridgehead atoms. The number of ether oxygens (including phenoxy) is 3. The number of fused-ring (bicyclic) bond motifs is 1. The number of hydrogen-bond acceptors (Lipinski definition) is 6. The van der Waals surface area contributed by atoms with Gasteiger partial charge in [0.25, 0.3) is 11.5 Å². The molecule has 2 aromatic heterocycles. The summed E-state index contributed by atoms with van der Waals surface area (Å²) in [7, 11) is 4.67. The van der Waals surface area contributed by atoms with Crippen LogP contribution >= 0.6 is 0 Å². The molecule has 0 spiro atoms. The molecule has 0 fully saturated rings. The molecular formula is C26H25N3O5. The first-order chi connectivity index (χ1) is 16.5. The van der Waals surface area contributed by atoms with Crippen molar-refractivity contribution in [2.24, 2.45) is 0 Å². The summed E-state index contributed by atoms with van der Waals surface area (Å²) in [4.78, 5) is 35.0. The molecule has 4 aromatic rings. The molecule has 0 atom stereocenters. The lowest BCUT2D eigenvalue weighted by Crippen LogP contribution is -2.32. The van der Waals surface area contributed by atoms with Crippen LogP contribution in [0.5, 0.6) is 17.2 Å². The van der Waals surface area contributed by atoms with Gasteiger partial charge < -0.3 is 24.1 Å². The fraction of sp³-hybridized carbons (Fsp3) is 0.192. The summed E-state index contributed by atoms with van der Waals surface area (Å²) in [5.74, 6) is 1.52. The van der Waals surface area contributed by atoms with Gasteiger partial charge in [0.15, 0.2) is 11.5 Å². The minimum atomic E-state index is -0.279. The smallest absolute Gasteiger partial charge is 0.254 e. The first kappa shape index (κ1) is 22.8. The first-order valence-corrected chi connectivity index (χ1v) is 10.6. The van der Waals surface area contributed by atoms with Gasteiger partial charge in [0.05, 0.1) is 33.4 Å². The average Bonchev–Trinajstić information content (AvgIpc) is 2.88. The van der Waals surface area contributed by atoms with Crippen molar-refractivity contribution in [2.45, 2.75) is 13.1 Å². The van der Waals surface area contributed by atoms with Crippen LogP contribution < -0.4 is 19.8 Å². The predicted molar refractivity (Wildman–Crippen MR) is 128 cm³/mol. The number of nitrogens with zero attached hydrogens (tertiary/aromatic N) is 2. The van der Waals surface area contributed by atoms with Crippen LogP contribution in [0.15, 0.2) is 71.8 Å². The van der Waals surface area contributed by atoms with Crippen LogP contribution in [-0.4, -0.2) is 42.1 Å². The Bertz CT molecular complexity index is 1350. The third-order valence-electron chi connectivity index (χ3n) is 5.51. The molecule has 0 aliphatic heterocycles. The van der Waals surface area contributed by atoms with E-state index in [0.29, 0.717) is 40.4 Å². The summed E-state index contributed by atoms with van der Waals surface area (Å²) in [6, 6.07) is 15.9. The van der Waals surface area contributed by atoms with Crippen molar-refractivity contribution < 1.29 is 19.0 Å². The van der Waals surface area contributed by atoms with Crippen LogP contribution in [0.3, 0.4) is 0 Å². The second kappa shape index (κ2) is 10.1. The maximum Gasteiger partial charge on any atom is 0.254 e. The van der Waals surface area contributed by atoms with E-state index in [0.717, 1.165) is 10.9 Å². The number of nitrogens with one attached hydrogen (secondary N) is 1. The fourth-order valence-corrected chi connectivity index (χ4v) is 3.73. The van der Waals surface area contributed by atoms with Crippen LogP contribution in [-0.2, 0) is 13.1 Å². The van der Waals surface area contributed by atoms with E-state index in [2.05, 4.69) is 9.97 Å². The molecule has 0 radical (unpaired) electrons. The molecule has 0 aliphatic carbocycles. The third-order valence-corrected chi connectivity index (χ3v) is 5.51. The van der Waals surface area contributed by atoms with Crippen LogP contribution in [0.25, 0.3) is 10.9 Å². The number of aromatic amines is 1. The predicted octanol–water partition coefficient (Wildman–Crippen LogP) is 3.79. The lowest BCUT2D eigenvalue weighted by Gasteiger charge is -2.23. The summed E-state index contributed by atoms with van der Waals surface area (Å²) in [6.07, 6.45) is 3.38. The molecule has 2 heterocycles. The SMILES string of the molecule is COc1ccc(C(=O)N(Cc2cccnc2)Cc2cc3cc(OC)c(OC)cc3[nH]c2=O)cc1. The Morgan fingerprint density at radius 3 is 2.32 bits per heavy atom. The summed E-state index contributed by atoms with van der Waals surface area (Å²) in [5, 5.41) is 0.769. The molecule has 0 saturated heterocycles. The van der Waals surface area contributed by atoms with Crippen molar-refractivity contribution in [3.8, 4) is 17.2 Å². The van der Waals surface area contributed by atoms with Gasteiger partial charge in [-0.1, -0.05) is 6.07 Å². The van der Waals surface area contributed by atoms with Gasteiger partial charge >= 0.3 is 0 Å². The van der Waals surface area contributed by atoms with Gasteiger partial charge in [0.2, 0.25) is 0 Å². The second-order valence-electron chi connectivity index (χ2n) is 7.67. The normalized spacial score (nSPS) is 10.7. The number of amides is 1. The molecular weight excluding hydrogens is 434 g/mol. The van der Waals surface area contributed by atoms with Gasteiger partial charge in [-0.05, 0) is 48.0 Å². The van der Waals surface area contributed by atoms with E-state index in [-0.39, 0.29) is 18.0 Å². The van der Waals surface area contributed by atoms with E-state index < -0.39 is 0 Å². The van der Waals surface area contributed by atoms with Gasteiger partial charge in [-0.2, -0.15) is 0 Å². The highest BCUT2D eigenvalue weighted by Gasteiger charge is 2.19. The highest BCUT2D eigenvalue weighted by atomic mass is 16.5. The van der Waals surface area contributed by atoms with E-state index in [1.165, 1.54) is 7.11 Å². The molecule has 174 valence electrons. The van der Waals surface area contributed by atoms with Gasteiger partial charge in [-0.15, -0.1) is 0 Å². The number of rotatable bonds is 8. The van der Waals surface area contributed by atoms with Gasteiger partial charge in [0.1, 0.15) is 5.75 Å². The van der Waals surface area contributed by atoms with Crippen molar-refractivity contribution in [1.29, 1.82) is 0 Å². The number of carbonyl (C=O) groups excluding carboxylic acids is 1. The highest BCUT2D eigenvalue weighted by Crippen LogP contribution is 2.31. The van der Waals surface area contributed by atoms with Crippen molar-refractivity contribution in [3.05, 3.63) is 94.0 Å². The lowest BCUT2D eigenvalue weighted by molar-refractivity contribution is 0.0729. The fourth-order valence-electron chi connectivity index (χ4n) is 3.73. The summed E-state index contributed by atoms with van der Waals surface area (Å²) in [5.41, 5.74) is 2.14. The topological polar surface area (TPSA) is 93.8 Å². The van der Waals surface area contributed by atoms with Crippen LogP contribution in [0.4, 0.5) is 0 Å². The molecule has 0 saturated carbocycles. The van der Waals surface area contributed by atoms with Crippen molar-refractivity contribution in [2.75, 3.05) is 21.3 Å². The lowest BCUT2D eigenvalue weighted by atomic mass is 10.1.